The van der Waals surface area contributed by atoms with Gasteiger partial charge in [-0.1, -0.05) is 23.4 Å². The molecule has 0 spiro atoms. The Labute approximate surface area is 183 Å². The van der Waals surface area contributed by atoms with Gasteiger partial charge in [0.05, 0.1) is 16.8 Å². The van der Waals surface area contributed by atoms with E-state index in [2.05, 4.69) is 20.6 Å². The molecule has 3 rings (SSSR count). The summed E-state index contributed by atoms with van der Waals surface area (Å²) in [5.41, 5.74) is 1.70. The van der Waals surface area contributed by atoms with Crippen molar-refractivity contribution in [1.29, 1.82) is 0 Å². The van der Waals surface area contributed by atoms with Gasteiger partial charge in [0.15, 0.2) is 10.9 Å². The molecule has 2 aromatic rings. The number of nitrogens with one attached hydrogen (secondary N) is 2. The lowest BCUT2D eigenvalue weighted by molar-refractivity contribution is 0.0948. The van der Waals surface area contributed by atoms with E-state index in [1.807, 2.05) is 6.26 Å². The molecule has 0 fully saturated rings. The summed E-state index contributed by atoms with van der Waals surface area (Å²) in [5, 5.41) is 6.98. The van der Waals surface area contributed by atoms with E-state index in [1.54, 1.807) is 7.11 Å². The standard InChI is InChI=1S/C19H23ClN4O3S2/c1-27-9-5-8-21-16(25)14-11-6-3-4-7-13(11)29-18(14)24-17(26)15-12(20)10-22-19(23-15)28-2/h10H,3-9H2,1-2H3,(H,21,25)(H,24,26). The first-order chi connectivity index (χ1) is 14.0. The number of thiophene rings is 1. The van der Waals surface area contributed by atoms with Gasteiger partial charge in [-0.3, -0.25) is 9.59 Å². The number of aromatic nitrogens is 2. The van der Waals surface area contributed by atoms with Gasteiger partial charge in [-0.2, -0.15) is 0 Å². The van der Waals surface area contributed by atoms with Crippen LogP contribution in [-0.4, -0.2) is 48.3 Å². The second kappa shape index (κ2) is 10.4. The fourth-order valence-electron chi connectivity index (χ4n) is 3.17. The molecule has 0 radical (unpaired) electrons. The Hall–Kier alpha value is -1.68. The maximum atomic E-state index is 12.9. The van der Waals surface area contributed by atoms with Gasteiger partial charge in [0, 0.05) is 25.1 Å². The van der Waals surface area contributed by atoms with E-state index in [4.69, 9.17) is 16.3 Å². The third kappa shape index (κ3) is 5.28. The highest BCUT2D eigenvalue weighted by Crippen LogP contribution is 2.38. The Balaban J connectivity index is 1.86. The maximum absolute atomic E-state index is 12.9. The molecule has 2 heterocycles. The molecule has 156 valence electrons. The molecular formula is C19H23ClN4O3S2. The number of hydrogen-bond donors (Lipinski definition) is 2. The highest BCUT2D eigenvalue weighted by atomic mass is 35.5. The minimum absolute atomic E-state index is 0.101. The molecule has 0 saturated heterocycles. The number of amides is 2. The van der Waals surface area contributed by atoms with Crippen LogP contribution in [0.4, 0.5) is 5.00 Å². The van der Waals surface area contributed by atoms with E-state index in [-0.39, 0.29) is 16.6 Å². The van der Waals surface area contributed by atoms with Crippen LogP contribution in [0.5, 0.6) is 0 Å². The number of aryl methyl sites for hydroxylation is 1. The highest BCUT2D eigenvalue weighted by Gasteiger charge is 2.27. The fourth-order valence-corrected chi connectivity index (χ4v) is 4.97. The summed E-state index contributed by atoms with van der Waals surface area (Å²) in [6.07, 6.45) is 7.85. The van der Waals surface area contributed by atoms with Crippen molar-refractivity contribution in [3.63, 3.8) is 0 Å². The molecule has 2 aromatic heterocycles. The Morgan fingerprint density at radius 2 is 2.10 bits per heavy atom. The summed E-state index contributed by atoms with van der Waals surface area (Å²) in [6, 6.07) is 0. The van der Waals surface area contributed by atoms with Crippen molar-refractivity contribution in [3.8, 4) is 0 Å². The summed E-state index contributed by atoms with van der Waals surface area (Å²) in [5.74, 6) is -0.617. The smallest absolute Gasteiger partial charge is 0.276 e. The summed E-state index contributed by atoms with van der Waals surface area (Å²) in [4.78, 5) is 35.2. The number of methoxy groups -OCH3 is 1. The van der Waals surface area contributed by atoms with Crippen LogP contribution < -0.4 is 10.6 Å². The van der Waals surface area contributed by atoms with E-state index in [0.29, 0.717) is 28.9 Å². The lowest BCUT2D eigenvalue weighted by Crippen LogP contribution is -2.27. The van der Waals surface area contributed by atoms with E-state index >= 15 is 0 Å². The van der Waals surface area contributed by atoms with Crippen LogP contribution in [0.2, 0.25) is 5.02 Å². The zero-order chi connectivity index (χ0) is 20.8. The van der Waals surface area contributed by atoms with Gasteiger partial charge in [0.1, 0.15) is 5.00 Å². The van der Waals surface area contributed by atoms with Gasteiger partial charge in [0.25, 0.3) is 11.8 Å². The predicted octanol–water partition coefficient (Wildman–Crippen LogP) is 3.81. The number of hydrogen-bond acceptors (Lipinski definition) is 7. The topological polar surface area (TPSA) is 93.2 Å². The number of rotatable bonds is 8. The van der Waals surface area contributed by atoms with Crippen molar-refractivity contribution in [2.75, 3.05) is 31.8 Å². The van der Waals surface area contributed by atoms with E-state index in [0.717, 1.165) is 42.5 Å². The molecule has 1 aliphatic carbocycles. The third-order valence-corrected chi connectivity index (χ3v) is 6.60. The molecule has 1 aliphatic rings. The lowest BCUT2D eigenvalue weighted by atomic mass is 9.95. The van der Waals surface area contributed by atoms with E-state index in [9.17, 15) is 9.59 Å². The number of carbonyl (C=O) groups excluding carboxylic acids is 2. The van der Waals surface area contributed by atoms with Gasteiger partial charge in [-0.05, 0) is 43.9 Å². The molecule has 7 nitrogen and oxygen atoms in total. The molecule has 0 aliphatic heterocycles. The molecular weight excluding hydrogens is 432 g/mol. The summed E-state index contributed by atoms with van der Waals surface area (Å²) in [7, 11) is 1.63. The number of ether oxygens (including phenoxy) is 1. The van der Waals surface area contributed by atoms with Crippen LogP contribution in [0.3, 0.4) is 0 Å². The summed E-state index contributed by atoms with van der Waals surface area (Å²) < 4.78 is 5.03. The Bertz CT molecular complexity index is 904. The SMILES string of the molecule is COCCCNC(=O)c1c(NC(=O)c2nc(SC)ncc2Cl)sc2c1CCCC2. The number of fused-ring (bicyclic) bond motifs is 1. The van der Waals surface area contributed by atoms with E-state index in [1.165, 1.54) is 29.3 Å². The summed E-state index contributed by atoms with van der Waals surface area (Å²) >= 11 is 8.92. The van der Waals surface area contributed by atoms with Crippen LogP contribution in [0.1, 0.15) is 50.5 Å². The van der Waals surface area contributed by atoms with Crippen molar-refractivity contribution < 1.29 is 14.3 Å². The van der Waals surface area contributed by atoms with E-state index < -0.39 is 5.91 Å². The van der Waals surface area contributed by atoms with Gasteiger partial charge in [-0.15, -0.1) is 11.3 Å². The zero-order valence-electron chi connectivity index (χ0n) is 16.3. The Kier molecular flexibility index (Phi) is 7.88. The molecule has 0 bridgehead atoms. The molecule has 10 heteroatoms. The predicted molar refractivity (Wildman–Crippen MR) is 117 cm³/mol. The monoisotopic (exact) mass is 454 g/mol. The molecule has 0 unspecified atom stereocenters. The minimum Gasteiger partial charge on any atom is -0.385 e. The maximum Gasteiger partial charge on any atom is 0.276 e. The summed E-state index contributed by atoms with van der Waals surface area (Å²) in [6.45, 7) is 1.09. The number of carbonyl (C=O) groups is 2. The minimum atomic E-state index is -0.445. The quantitative estimate of drug-likeness (QED) is 0.358. The number of anilines is 1. The molecule has 0 aromatic carbocycles. The molecule has 0 saturated carbocycles. The van der Waals surface area contributed by atoms with Crippen LogP contribution in [0.25, 0.3) is 0 Å². The molecule has 2 amide bonds. The number of thioether (sulfide) groups is 1. The molecule has 2 N–H and O–H groups in total. The first kappa shape index (κ1) is 22.0. The Morgan fingerprint density at radius 1 is 1.31 bits per heavy atom. The average molecular weight is 455 g/mol. The highest BCUT2D eigenvalue weighted by molar-refractivity contribution is 7.98. The zero-order valence-corrected chi connectivity index (χ0v) is 18.7. The van der Waals surface area contributed by atoms with Crippen LogP contribution in [0, 0.1) is 0 Å². The van der Waals surface area contributed by atoms with Crippen molar-refractivity contribution in [2.45, 2.75) is 37.3 Å². The van der Waals surface area contributed by atoms with Gasteiger partial charge >= 0.3 is 0 Å². The normalized spacial score (nSPS) is 13.1. The Morgan fingerprint density at radius 3 is 2.86 bits per heavy atom. The first-order valence-electron chi connectivity index (χ1n) is 9.34. The van der Waals surface area contributed by atoms with Gasteiger partial charge in [-0.25, -0.2) is 9.97 Å². The molecule has 29 heavy (non-hydrogen) atoms. The second-order valence-corrected chi connectivity index (χ2v) is 8.81. The van der Waals surface area contributed by atoms with Gasteiger partial charge < -0.3 is 15.4 Å². The second-order valence-electron chi connectivity index (χ2n) is 6.52. The lowest BCUT2D eigenvalue weighted by Gasteiger charge is -2.13. The van der Waals surface area contributed by atoms with Crippen molar-refractivity contribution in [2.24, 2.45) is 0 Å². The molecule has 0 atom stereocenters. The van der Waals surface area contributed by atoms with Crippen molar-refractivity contribution in [3.05, 3.63) is 32.9 Å². The third-order valence-electron chi connectivity index (χ3n) is 4.56. The first-order valence-corrected chi connectivity index (χ1v) is 11.8. The average Bonchev–Trinajstić information content (AvgIpc) is 3.09. The largest absolute Gasteiger partial charge is 0.385 e. The van der Waals surface area contributed by atoms with Crippen LogP contribution in [-0.2, 0) is 17.6 Å². The number of nitrogens with zero attached hydrogens (tertiary/aromatic N) is 2. The fraction of sp³-hybridized carbons (Fsp3) is 0.474. The van der Waals surface area contributed by atoms with Crippen LogP contribution in [0.15, 0.2) is 11.4 Å². The van der Waals surface area contributed by atoms with Crippen molar-refractivity contribution >= 4 is 51.5 Å². The van der Waals surface area contributed by atoms with Gasteiger partial charge in [0.2, 0.25) is 0 Å². The van der Waals surface area contributed by atoms with Crippen molar-refractivity contribution in [1.82, 2.24) is 15.3 Å². The number of halogens is 1. The van der Waals surface area contributed by atoms with Crippen LogP contribution >= 0.6 is 34.7 Å².